The predicted molar refractivity (Wildman–Crippen MR) is 91.2 cm³/mol. The number of nitrogens with zero attached hydrogens (tertiary/aromatic N) is 5. The van der Waals surface area contributed by atoms with E-state index in [4.69, 9.17) is 0 Å². The summed E-state index contributed by atoms with van der Waals surface area (Å²) in [5.41, 5.74) is 0.694. The third kappa shape index (κ3) is 4.33. The van der Waals surface area contributed by atoms with E-state index in [9.17, 15) is 9.18 Å². The van der Waals surface area contributed by atoms with Crippen LogP contribution in [0.3, 0.4) is 0 Å². The fourth-order valence-electron chi connectivity index (χ4n) is 2.92. The van der Waals surface area contributed by atoms with Crippen molar-refractivity contribution in [2.24, 2.45) is 0 Å². The van der Waals surface area contributed by atoms with E-state index in [1.807, 2.05) is 17.6 Å². The number of benzene rings is 1. The van der Waals surface area contributed by atoms with Gasteiger partial charge in [-0.25, -0.2) is 9.18 Å². The number of piperazine rings is 1. The third-order valence-corrected chi connectivity index (χ3v) is 4.45. The third-order valence-electron chi connectivity index (χ3n) is 4.45. The number of aryl methyl sites for hydroxylation is 1. The lowest BCUT2D eigenvalue weighted by Crippen LogP contribution is -2.51. The first-order valence-electron chi connectivity index (χ1n) is 8.52. The number of hydrogen-bond donors (Lipinski definition) is 1. The molecule has 3 rings (SSSR count). The van der Waals surface area contributed by atoms with E-state index in [0.717, 1.165) is 25.5 Å². The van der Waals surface area contributed by atoms with Crippen LogP contribution in [0.1, 0.15) is 18.3 Å². The van der Waals surface area contributed by atoms with Crippen LogP contribution in [0.5, 0.6) is 0 Å². The molecule has 1 aromatic carbocycles. The summed E-state index contributed by atoms with van der Waals surface area (Å²) in [6.07, 6.45) is 1.66. The summed E-state index contributed by atoms with van der Waals surface area (Å²) in [4.78, 5) is 16.2. The number of urea groups is 1. The average molecular weight is 346 g/mol. The molecule has 0 saturated carbocycles. The van der Waals surface area contributed by atoms with Crippen molar-refractivity contribution in [1.29, 1.82) is 0 Å². The zero-order chi connectivity index (χ0) is 17.6. The van der Waals surface area contributed by atoms with Gasteiger partial charge in [-0.05, 0) is 13.0 Å². The Labute approximate surface area is 146 Å². The molecule has 1 N–H and O–H groups in total. The lowest BCUT2D eigenvalue weighted by Gasteiger charge is -2.34. The van der Waals surface area contributed by atoms with Crippen LogP contribution < -0.4 is 5.32 Å². The molecule has 7 nitrogen and oxygen atoms in total. The Kier molecular flexibility index (Phi) is 5.60. The average Bonchev–Trinajstić information content (AvgIpc) is 3.10. The first kappa shape index (κ1) is 17.3. The number of nitrogens with one attached hydrogen (secondary N) is 1. The summed E-state index contributed by atoms with van der Waals surface area (Å²) in [7, 11) is 0. The van der Waals surface area contributed by atoms with Crippen LogP contribution in [-0.4, -0.2) is 56.8 Å². The number of amides is 2. The van der Waals surface area contributed by atoms with Gasteiger partial charge < -0.3 is 14.8 Å². The highest BCUT2D eigenvalue weighted by molar-refractivity contribution is 5.74. The largest absolute Gasteiger partial charge is 0.331 e. The fourth-order valence-corrected chi connectivity index (χ4v) is 2.92. The molecule has 0 bridgehead atoms. The smallest absolute Gasteiger partial charge is 0.317 e. The first-order valence-corrected chi connectivity index (χ1v) is 8.52. The van der Waals surface area contributed by atoms with Crippen molar-refractivity contribution < 1.29 is 9.18 Å². The Bertz CT molecular complexity index is 711. The molecule has 25 heavy (non-hydrogen) atoms. The van der Waals surface area contributed by atoms with Crippen molar-refractivity contribution in [3.8, 4) is 0 Å². The monoisotopic (exact) mass is 346 g/mol. The van der Waals surface area contributed by atoms with Crippen molar-refractivity contribution in [1.82, 2.24) is 29.9 Å². The van der Waals surface area contributed by atoms with Crippen molar-refractivity contribution in [3.05, 3.63) is 47.8 Å². The molecule has 2 amide bonds. The van der Waals surface area contributed by atoms with E-state index in [1.54, 1.807) is 23.4 Å². The second-order valence-electron chi connectivity index (χ2n) is 6.05. The Morgan fingerprint density at radius 2 is 2.00 bits per heavy atom. The van der Waals surface area contributed by atoms with Gasteiger partial charge in [-0.15, -0.1) is 10.2 Å². The Hall–Kier alpha value is -2.48. The molecule has 8 heteroatoms. The molecule has 0 atom stereocenters. The molecule has 2 heterocycles. The van der Waals surface area contributed by atoms with Gasteiger partial charge >= 0.3 is 6.03 Å². The Morgan fingerprint density at radius 1 is 1.24 bits per heavy atom. The molecule has 0 unspecified atom stereocenters. The van der Waals surface area contributed by atoms with Crippen LogP contribution in [0.15, 0.2) is 30.6 Å². The second-order valence-corrected chi connectivity index (χ2v) is 6.05. The number of hydrogen-bond acceptors (Lipinski definition) is 4. The predicted octanol–water partition coefficient (Wildman–Crippen LogP) is 1.46. The molecule has 1 fully saturated rings. The number of aromatic nitrogens is 3. The number of halogens is 1. The fraction of sp³-hybridized carbons (Fsp3) is 0.471. The highest BCUT2D eigenvalue weighted by Crippen LogP contribution is 2.12. The number of carbonyl (C=O) groups excluding carboxylic acids is 1. The molecule has 0 aliphatic carbocycles. The Balaban J connectivity index is 1.45. The molecule has 0 spiro atoms. The first-order chi connectivity index (χ1) is 12.2. The molecule has 1 aliphatic heterocycles. The molecule has 0 radical (unpaired) electrons. The van der Waals surface area contributed by atoms with Gasteiger partial charge in [0, 0.05) is 44.8 Å². The van der Waals surface area contributed by atoms with Crippen LogP contribution in [0.2, 0.25) is 0 Å². The van der Waals surface area contributed by atoms with Crippen molar-refractivity contribution >= 4 is 6.03 Å². The Morgan fingerprint density at radius 3 is 2.72 bits per heavy atom. The van der Waals surface area contributed by atoms with E-state index < -0.39 is 0 Å². The van der Waals surface area contributed by atoms with Crippen LogP contribution in [0.4, 0.5) is 9.18 Å². The molecule has 1 saturated heterocycles. The van der Waals surface area contributed by atoms with Crippen LogP contribution >= 0.6 is 0 Å². The van der Waals surface area contributed by atoms with Gasteiger partial charge in [0.2, 0.25) is 0 Å². The van der Waals surface area contributed by atoms with Crippen molar-refractivity contribution in [2.75, 3.05) is 26.2 Å². The van der Waals surface area contributed by atoms with E-state index >= 15 is 0 Å². The summed E-state index contributed by atoms with van der Waals surface area (Å²) in [6, 6.07) is 6.72. The van der Waals surface area contributed by atoms with Gasteiger partial charge in [0.25, 0.3) is 0 Å². The minimum absolute atomic E-state index is 0.101. The summed E-state index contributed by atoms with van der Waals surface area (Å²) >= 11 is 0. The zero-order valence-electron chi connectivity index (χ0n) is 14.4. The second kappa shape index (κ2) is 8.06. The van der Waals surface area contributed by atoms with E-state index in [2.05, 4.69) is 20.4 Å². The minimum Gasteiger partial charge on any atom is -0.331 e. The normalized spacial score (nSPS) is 15.4. The SMILES string of the molecule is CCn1cnnc1CNC(=O)N1CCN(Cc2ccccc2F)CC1. The molecule has 134 valence electrons. The molecule has 1 aromatic heterocycles. The molecular weight excluding hydrogens is 323 g/mol. The van der Waals surface area contributed by atoms with Gasteiger partial charge in [0.15, 0.2) is 5.82 Å². The van der Waals surface area contributed by atoms with Crippen molar-refractivity contribution in [2.45, 2.75) is 26.6 Å². The van der Waals surface area contributed by atoms with E-state index in [0.29, 0.717) is 31.7 Å². The van der Waals surface area contributed by atoms with Gasteiger partial charge in [-0.1, -0.05) is 18.2 Å². The zero-order valence-corrected chi connectivity index (χ0v) is 14.4. The summed E-state index contributed by atoms with van der Waals surface area (Å²) in [5, 5.41) is 10.7. The summed E-state index contributed by atoms with van der Waals surface area (Å²) < 4.78 is 15.6. The lowest BCUT2D eigenvalue weighted by molar-refractivity contribution is 0.134. The van der Waals surface area contributed by atoms with Crippen LogP contribution in [0.25, 0.3) is 0 Å². The van der Waals surface area contributed by atoms with E-state index in [1.165, 1.54) is 6.07 Å². The summed E-state index contributed by atoms with van der Waals surface area (Å²) in [6.45, 7) is 6.42. The van der Waals surface area contributed by atoms with Gasteiger partial charge in [0.05, 0.1) is 6.54 Å². The highest BCUT2D eigenvalue weighted by Gasteiger charge is 2.21. The maximum atomic E-state index is 13.7. The van der Waals surface area contributed by atoms with Crippen LogP contribution in [-0.2, 0) is 19.6 Å². The molecule has 1 aliphatic rings. The standard InChI is InChI=1S/C17H23FN6O/c1-2-23-13-20-21-16(23)11-19-17(25)24-9-7-22(8-10-24)12-14-5-3-4-6-15(14)18/h3-6,13H,2,7-12H2,1H3,(H,19,25). The lowest BCUT2D eigenvalue weighted by atomic mass is 10.2. The maximum Gasteiger partial charge on any atom is 0.317 e. The van der Waals surface area contributed by atoms with Gasteiger partial charge in [0.1, 0.15) is 12.1 Å². The van der Waals surface area contributed by atoms with Gasteiger partial charge in [-0.2, -0.15) is 0 Å². The number of carbonyl (C=O) groups is 1. The van der Waals surface area contributed by atoms with E-state index in [-0.39, 0.29) is 11.8 Å². The molecular formula is C17H23FN6O. The topological polar surface area (TPSA) is 66.3 Å². The maximum absolute atomic E-state index is 13.7. The molecule has 2 aromatic rings. The van der Waals surface area contributed by atoms with Crippen molar-refractivity contribution in [3.63, 3.8) is 0 Å². The van der Waals surface area contributed by atoms with Crippen LogP contribution in [0, 0.1) is 5.82 Å². The minimum atomic E-state index is -0.178. The quantitative estimate of drug-likeness (QED) is 0.890. The highest BCUT2D eigenvalue weighted by atomic mass is 19.1. The van der Waals surface area contributed by atoms with Gasteiger partial charge in [-0.3, -0.25) is 4.90 Å². The number of rotatable bonds is 5. The summed E-state index contributed by atoms with van der Waals surface area (Å²) in [5.74, 6) is 0.566.